The number of nitrogens with zero attached hydrogens (tertiary/aromatic N) is 1. The molecule has 2 rings (SSSR count). The minimum absolute atomic E-state index is 0.0413. The zero-order valence-electron chi connectivity index (χ0n) is 13.9. The second-order valence-electron chi connectivity index (χ2n) is 6.21. The molecule has 0 spiro atoms. The van der Waals surface area contributed by atoms with Gasteiger partial charge in [-0.25, -0.2) is 0 Å². The lowest BCUT2D eigenvalue weighted by Gasteiger charge is -2.39. The Kier molecular flexibility index (Phi) is 5.64. The molecule has 126 valence electrons. The van der Waals surface area contributed by atoms with E-state index in [1.165, 1.54) is 0 Å². The van der Waals surface area contributed by atoms with Crippen LogP contribution in [0.15, 0.2) is 24.3 Å². The number of amides is 1. The van der Waals surface area contributed by atoms with Gasteiger partial charge in [0.1, 0.15) is 5.75 Å². The minimum Gasteiger partial charge on any atom is -0.497 e. The molecule has 1 fully saturated rings. The quantitative estimate of drug-likeness (QED) is 0.875. The van der Waals surface area contributed by atoms with Gasteiger partial charge in [-0.1, -0.05) is 19.1 Å². The molecule has 1 aromatic rings. The monoisotopic (exact) mass is 319 g/mol. The molecule has 1 aliphatic rings. The fourth-order valence-corrected chi connectivity index (χ4v) is 3.16. The Morgan fingerprint density at radius 2 is 2.00 bits per heavy atom. The lowest BCUT2D eigenvalue weighted by atomic mass is 9.77. The van der Waals surface area contributed by atoms with Crippen LogP contribution in [-0.4, -0.2) is 42.1 Å². The molecule has 1 heterocycles. The SMILES string of the molecule is CC[C@]1(C(=O)O)CCCN(C(=O)CCc2ccc(OC)cc2)C1. The maximum absolute atomic E-state index is 12.4. The van der Waals surface area contributed by atoms with Crippen molar-refractivity contribution in [3.8, 4) is 5.75 Å². The summed E-state index contributed by atoms with van der Waals surface area (Å²) in [5.74, 6) is 0.0533. The summed E-state index contributed by atoms with van der Waals surface area (Å²) in [4.78, 5) is 25.7. The molecule has 0 aliphatic carbocycles. The topological polar surface area (TPSA) is 66.8 Å². The van der Waals surface area contributed by atoms with Gasteiger partial charge >= 0.3 is 5.97 Å². The lowest BCUT2D eigenvalue weighted by molar-refractivity contribution is -0.155. The van der Waals surface area contributed by atoms with Gasteiger partial charge in [0.25, 0.3) is 0 Å². The highest BCUT2D eigenvalue weighted by molar-refractivity contribution is 5.79. The van der Waals surface area contributed by atoms with E-state index < -0.39 is 11.4 Å². The second kappa shape index (κ2) is 7.49. The van der Waals surface area contributed by atoms with Crippen LogP contribution >= 0.6 is 0 Å². The zero-order chi connectivity index (χ0) is 16.9. The van der Waals surface area contributed by atoms with Crippen LogP contribution < -0.4 is 4.74 Å². The summed E-state index contributed by atoms with van der Waals surface area (Å²) in [5.41, 5.74) is 0.310. The molecule has 0 bridgehead atoms. The molecule has 23 heavy (non-hydrogen) atoms. The zero-order valence-corrected chi connectivity index (χ0v) is 13.9. The van der Waals surface area contributed by atoms with Gasteiger partial charge < -0.3 is 14.7 Å². The predicted octanol–water partition coefficient (Wildman–Crippen LogP) is 2.73. The van der Waals surface area contributed by atoms with Gasteiger partial charge in [0.15, 0.2) is 0 Å². The highest BCUT2D eigenvalue weighted by Crippen LogP contribution is 2.34. The summed E-state index contributed by atoms with van der Waals surface area (Å²) >= 11 is 0. The number of aryl methyl sites for hydroxylation is 1. The molecule has 5 heteroatoms. The standard InChI is InChI=1S/C18H25NO4/c1-3-18(17(21)22)11-4-12-19(13-18)16(20)10-7-14-5-8-15(23-2)9-6-14/h5-6,8-9H,3-4,7,10-13H2,1-2H3,(H,21,22)/t18-/m0/s1. The Balaban J connectivity index is 1.93. The summed E-state index contributed by atoms with van der Waals surface area (Å²) in [6.45, 7) is 2.89. The van der Waals surface area contributed by atoms with E-state index in [2.05, 4.69) is 0 Å². The van der Waals surface area contributed by atoms with E-state index >= 15 is 0 Å². The molecule has 0 aromatic heterocycles. The van der Waals surface area contributed by atoms with Gasteiger partial charge in [-0.2, -0.15) is 0 Å². The smallest absolute Gasteiger partial charge is 0.311 e. The highest BCUT2D eigenvalue weighted by Gasteiger charge is 2.41. The summed E-state index contributed by atoms with van der Waals surface area (Å²) < 4.78 is 5.12. The molecule has 1 saturated heterocycles. The molecule has 1 aliphatic heterocycles. The second-order valence-corrected chi connectivity index (χ2v) is 6.21. The number of rotatable bonds is 6. The molecule has 0 saturated carbocycles. The fraction of sp³-hybridized carbons (Fsp3) is 0.556. The average Bonchev–Trinajstić information content (AvgIpc) is 2.59. The lowest BCUT2D eigenvalue weighted by Crippen LogP contribution is -2.49. The number of hydrogen-bond donors (Lipinski definition) is 1. The Labute approximate surface area is 137 Å². The number of methoxy groups -OCH3 is 1. The van der Waals surface area contributed by atoms with Crippen LogP contribution in [0.1, 0.15) is 38.2 Å². The molecule has 1 atom stereocenters. The molecular formula is C18H25NO4. The van der Waals surface area contributed by atoms with E-state index in [1.807, 2.05) is 31.2 Å². The maximum atomic E-state index is 12.4. The third kappa shape index (κ3) is 4.03. The van der Waals surface area contributed by atoms with Crippen molar-refractivity contribution in [1.82, 2.24) is 4.90 Å². The van der Waals surface area contributed by atoms with Crippen molar-refractivity contribution >= 4 is 11.9 Å². The number of aliphatic carboxylic acids is 1. The summed E-state index contributed by atoms with van der Waals surface area (Å²) in [6, 6.07) is 7.67. The van der Waals surface area contributed by atoms with Crippen molar-refractivity contribution in [2.24, 2.45) is 5.41 Å². The first-order chi connectivity index (χ1) is 11.0. The number of benzene rings is 1. The number of ether oxygens (including phenoxy) is 1. The summed E-state index contributed by atoms with van der Waals surface area (Å²) in [5, 5.41) is 9.50. The van der Waals surface area contributed by atoms with Crippen LogP contribution in [0.25, 0.3) is 0 Å². The van der Waals surface area contributed by atoms with Crippen molar-refractivity contribution in [1.29, 1.82) is 0 Å². The minimum atomic E-state index is -0.785. The molecule has 1 amide bonds. The number of carbonyl (C=O) groups excluding carboxylic acids is 1. The number of hydrogen-bond acceptors (Lipinski definition) is 3. The van der Waals surface area contributed by atoms with Crippen LogP contribution in [0.5, 0.6) is 5.75 Å². The first kappa shape index (κ1) is 17.3. The van der Waals surface area contributed by atoms with E-state index in [0.717, 1.165) is 17.7 Å². The van der Waals surface area contributed by atoms with Crippen molar-refractivity contribution in [2.75, 3.05) is 20.2 Å². The molecule has 5 nitrogen and oxygen atoms in total. The number of carboxylic acid groups (broad SMARTS) is 1. The molecule has 0 unspecified atom stereocenters. The van der Waals surface area contributed by atoms with Crippen LogP contribution in [0, 0.1) is 5.41 Å². The maximum Gasteiger partial charge on any atom is 0.311 e. The van der Waals surface area contributed by atoms with E-state index in [1.54, 1.807) is 12.0 Å². The first-order valence-corrected chi connectivity index (χ1v) is 8.15. The average molecular weight is 319 g/mol. The van der Waals surface area contributed by atoms with Gasteiger partial charge in [-0.15, -0.1) is 0 Å². The molecule has 1 N–H and O–H groups in total. The number of carbonyl (C=O) groups is 2. The van der Waals surface area contributed by atoms with E-state index in [9.17, 15) is 14.7 Å². The van der Waals surface area contributed by atoms with Gasteiger partial charge in [0, 0.05) is 19.5 Å². The largest absolute Gasteiger partial charge is 0.497 e. The molecule has 1 aromatic carbocycles. The van der Waals surface area contributed by atoms with Gasteiger partial charge in [0.05, 0.1) is 12.5 Å². The van der Waals surface area contributed by atoms with Crippen molar-refractivity contribution in [2.45, 2.75) is 39.0 Å². The summed E-state index contributed by atoms with van der Waals surface area (Å²) in [7, 11) is 1.62. The van der Waals surface area contributed by atoms with Crippen LogP contribution in [0.2, 0.25) is 0 Å². The van der Waals surface area contributed by atoms with Crippen LogP contribution in [-0.2, 0) is 16.0 Å². The first-order valence-electron chi connectivity index (χ1n) is 8.15. The normalized spacial score (nSPS) is 21.0. The van der Waals surface area contributed by atoms with Crippen LogP contribution in [0.3, 0.4) is 0 Å². The van der Waals surface area contributed by atoms with Crippen molar-refractivity contribution < 1.29 is 19.4 Å². The third-order valence-corrected chi connectivity index (χ3v) is 4.85. The van der Waals surface area contributed by atoms with Crippen molar-refractivity contribution in [3.05, 3.63) is 29.8 Å². The Morgan fingerprint density at radius 3 is 2.57 bits per heavy atom. The van der Waals surface area contributed by atoms with E-state index in [0.29, 0.717) is 38.8 Å². The number of carboxylic acids is 1. The van der Waals surface area contributed by atoms with E-state index in [4.69, 9.17) is 4.74 Å². The number of piperidine rings is 1. The van der Waals surface area contributed by atoms with Crippen LogP contribution in [0.4, 0.5) is 0 Å². The predicted molar refractivity (Wildman–Crippen MR) is 87.5 cm³/mol. The third-order valence-electron chi connectivity index (χ3n) is 4.85. The van der Waals surface area contributed by atoms with Crippen molar-refractivity contribution in [3.63, 3.8) is 0 Å². The Bertz CT molecular complexity index is 555. The fourth-order valence-electron chi connectivity index (χ4n) is 3.16. The van der Waals surface area contributed by atoms with Gasteiger partial charge in [-0.3, -0.25) is 9.59 Å². The van der Waals surface area contributed by atoms with Gasteiger partial charge in [0.2, 0.25) is 5.91 Å². The summed E-state index contributed by atoms with van der Waals surface area (Å²) in [6.07, 6.45) is 3.04. The van der Waals surface area contributed by atoms with E-state index in [-0.39, 0.29) is 5.91 Å². The highest BCUT2D eigenvalue weighted by atomic mass is 16.5. The number of likely N-dealkylation sites (tertiary alicyclic amines) is 1. The Morgan fingerprint density at radius 1 is 1.30 bits per heavy atom. The molecule has 0 radical (unpaired) electrons. The van der Waals surface area contributed by atoms with Gasteiger partial charge in [-0.05, 0) is 43.4 Å². The molecular weight excluding hydrogens is 294 g/mol. The Hall–Kier alpha value is -2.04.